The number of ether oxygens (including phenoxy) is 1. The van der Waals surface area contributed by atoms with E-state index < -0.39 is 11.9 Å². The highest BCUT2D eigenvalue weighted by molar-refractivity contribution is 6.12. The monoisotopic (exact) mass is 395 g/mol. The molecule has 0 spiro atoms. The summed E-state index contributed by atoms with van der Waals surface area (Å²) < 4.78 is 4.96. The molecule has 2 aromatic carbocycles. The summed E-state index contributed by atoms with van der Waals surface area (Å²) in [5.41, 5.74) is 1.47. The van der Waals surface area contributed by atoms with Gasteiger partial charge >= 0.3 is 5.97 Å². The molecular weight excluding hydrogens is 374 g/mol. The number of para-hydroxylation sites is 1. The number of benzene rings is 2. The molecule has 8 heteroatoms. The van der Waals surface area contributed by atoms with E-state index in [1.54, 1.807) is 56.4 Å². The first-order valence-corrected chi connectivity index (χ1v) is 9.12. The second-order valence-electron chi connectivity index (χ2n) is 6.51. The predicted octanol–water partition coefficient (Wildman–Crippen LogP) is 1.92. The second-order valence-corrected chi connectivity index (χ2v) is 6.51. The fourth-order valence-electron chi connectivity index (χ4n) is 3.05. The molecule has 8 nitrogen and oxygen atoms in total. The van der Waals surface area contributed by atoms with Crippen LogP contribution in [0.5, 0.6) is 0 Å². The molecule has 1 aliphatic rings. The zero-order chi connectivity index (χ0) is 21.0. The summed E-state index contributed by atoms with van der Waals surface area (Å²) in [6, 6.07) is 13.0. The molecule has 0 aromatic heterocycles. The average Bonchev–Trinajstić information content (AvgIpc) is 2.79. The van der Waals surface area contributed by atoms with Crippen molar-refractivity contribution < 1.29 is 23.9 Å². The smallest absolute Gasteiger partial charge is 0.338 e. The van der Waals surface area contributed by atoms with Crippen molar-refractivity contribution >= 4 is 35.1 Å². The third-order valence-corrected chi connectivity index (χ3v) is 4.40. The van der Waals surface area contributed by atoms with Crippen LogP contribution in [0, 0.1) is 0 Å². The summed E-state index contributed by atoms with van der Waals surface area (Å²) in [5.74, 6) is -1.58. The third-order valence-electron chi connectivity index (χ3n) is 4.40. The number of carbonyl (C=O) groups excluding carboxylic acids is 4. The van der Waals surface area contributed by atoms with E-state index in [0.717, 1.165) is 0 Å². The average molecular weight is 395 g/mol. The maximum absolute atomic E-state index is 12.6. The van der Waals surface area contributed by atoms with E-state index in [1.165, 1.54) is 15.9 Å². The van der Waals surface area contributed by atoms with Crippen LogP contribution in [0.3, 0.4) is 0 Å². The number of nitrogens with zero attached hydrogens (tertiary/aromatic N) is 2. The third kappa shape index (κ3) is 4.43. The number of hydrogen-bond acceptors (Lipinski definition) is 5. The van der Waals surface area contributed by atoms with Gasteiger partial charge in [0, 0.05) is 12.7 Å². The first-order chi connectivity index (χ1) is 13.9. The van der Waals surface area contributed by atoms with Gasteiger partial charge in [-0.1, -0.05) is 18.2 Å². The maximum Gasteiger partial charge on any atom is 0.338 e. The van der Waals surface area contributed by atoms with Gasteiger partial charge in [0.25, 0.3) is 5.91 Å². The number of nitrogens with one attached hydrogen (secondary N) is 1. The molecule has 3 rings (SSSR count). The number of esters is 1. The van der Waals surface area contributed by atoms with Gasteiger partial charge in [-0.3, -0.25) is 14.4 Å². The molecule has 0 bridgehead atoms. The Morgan fingerprint density at radius 1 is 1.10 bits per heavy atom. The SMILES string of the molecule is CCOC(=O)c1cccc(NC(=O)CN2C(=O)CN(C)C(=O)c3ccccc32)c1. The molecule has 0 saturated carbocycles. The Labute approximate surface area is 168 Å². The molecule has 1 heterocycles. The molecule has 150 valence electrons. The quantitative estimate of drug-likeness (QED) is 0.781. The zero-order valence-electron chi connectivity index (χ0n) is 16.2. The Morgan fingerprint density at radius 2 is 1.86 bits per heavy atom. The van der Waals surface area contributed by atoms with Gasteiger partial charge in [0.1, 0.15) is 13.1 Å². The lowest BCUT2D eigenvalue weighted by Gasteiger charge is -2.21. The van der Waals surface area contributed by atoms with Gasteiger partial charge in [-0.25, -0.2) is 4.79 Å². The number of carbonyl (C=O) groups is 4. The van der Waals surface area contributed by atoms with Crippen molar-refractivity contribution in [2.45, 2.75) is 6.92 Å². The summed E-state index contributed by atoms with van der Waals surface area (Å²) in [6.07, 6.45) is 0. The zero-order valence-corrected chi connectivity index (χ0v) is 16.2. The van der Waals surface area contributed by atoms with Crippen LogP contribution in [0.25, 0.3) is 0 Å². The minimum Gasteiger partial charge on any atom is -0.462 e. The molecule has 1 N–H and O–H groups in total. The summed E-state index contributed by atoms with van der Waals surface area (Å²) >= 11 is 0. The molecule has 2 aromatic rings. The summed E-state index contributed by atoms with van der Waals surface area (Å²) in [5, 5.41) is 2.68. The van der Waals surface area contributed by atoms with Gasteiger partial charge < -0.3 is 19.9 Å². The predicted molar refractivity (Wildman–Crippen MR) is 107 cm³/mol. The fraction of sp³-hybridized carbons (Fsp3) is 0.238. The summed E-state index contributed by atoms with van der Waals surface area (Å²) in [6.45, 7) is 1.57. The topological polar surface area (TPSA) is 96.0 Å². The lowest BCUT2D eigenvalue weighted by atomic mass is 10.1. The minimum atomic E-state index is -0.484. The normalized spacial score (nSPS) is 13.6. The molecule has 3 amide bonds. The van der Waals surface area contributed by atoms with Crippen molar-refractivity contribution in [2.24, 2.45) is 0 Å². The highest BCUT2D eigenvalue weighted by atomic mass is 16.5. The van der Waals surface area contributed by atoms with E-state index in [1.807, 2.05) is 0 Å². The summed E-state index contributed by atoms with van der Waals surface area (Å²) in [7, 11) is 1.54. The largest absolute Gasteiger partial charge is 0.462 e. The van der Waals surface area contributed by atoms with Crippen molar-refractivity contribution in [1.82, 2.24) is 4.90 Å². The van der Waals surface area contributed by atoms with Crippen LogP contribution in [0.2, 0.25) is 0 Å². The van der Waals surface area contributed by atoms with E-state index >= 15 is 0 Å². The first-order valence-electron chi connectivity index (χ1n) is 9.12. The summed E-state index contributed by atoms with van der Waals surface area (Å²) in [4.78, 5) is 52.2. The number of hydrogen-bond donors (Lipinski definition) is 1. The van der Waals surface area contributed by atoms with Crippen molar-refractivity contribution in [3.63, 3.8) is 0 Å². The van der Waals surface area contributed by atoms with Crippen LogP contribution in [-0.4, -0.2) is 55.3 Å². The van der Waals surface area contributed by atoms with Gasteiger partial charge in [-0.15, -0.1) is 0 Å². The van der Waals surface area contributed by atoms with Crippen molar-refractivity contribution in [3.05, 3.63) is 59.7 Å². The molecule has 0 unspecified atom stereocenters. The Morgan fingerprint density at radius 3 is 2.62 bits per heavy atom. The van der Waals surface area contributed by atoms with E-state index in [9.17, 15) is 19.2 Å². The van der Waals surface area contributed by atoms with Gasteiger partial charge in [0.15, 0.2) is 0 Å². The number of rotatable bonds is 5. The van der Waals surface area contributed by atoms with Crippen LogP contribution in [-0.2, 0) is 14.3 Å². The Hall–Kier alpha value is -3.68. The fourth-order valence-corrected chi connectivity index (χ4v) is 3.05. The number of likely N-dealkylation sites (N-methyl/N-ethyl adjacent to an activating group) is 1. The van der Waals surface area contributed by atoms with Crippen LogP contribution in [0.15, 0.2) is 48.5 Å². The van der Waals surface area contributed by atoms with Crippen LogP contribution in [0.1, 0.15) is 27.6 Å². The van der Waals surface area contributed by atoms with Crippen molar-refractivity contribution in [2.75, 3.05) is 37.0 Å². The van der Waals surface area contributed by atoms with Crippen LogP contribution in [0.4, 0.5) is 11.4 Å². The molecule has 0 aliphatic carbocycles. The van der Waals surface area contributed by atoms with Gasteiger partial charge in [-0.05, 0) is 37.3 Å². The van der Waals surface area contributed by atoms with Crippen molar-refractivity contribution in [1.29, 1.82) is 0 Å². The van der Waals surface area contributed by atoms with E-state index in [2.05, 4.69) is 5.32 Å². The highest BCUT2D eigenvalue weighted by Crippen LogP contribution is 2.25. The Bertz CT molecular complexity index is 972. The number of amides is 3. The molecule has 0 atom stereocenters. The number of fused-ring (bicyclic) bond motifs is 1. The Kier molecular flexibility index (Phi) is 5.92. The molecular formula is C21H21N3O5. The Balaban J connectivity index is 1.79. The number of anilines is 2. The molecule has 1 aliphatic heterocycles. The van der Waals surface area contributed by atoms with Crippen LogP contribution < -0.4 is 10.2 Å². The molecule has 0 radical (unpaired) electrons. The van der Waals surface area contributed by atoms with E-state index in [0.29, 0.717) is 22.5 Å². The van der Waals surface area contributed by atoms with E-state index in [-0.39, 0.29) is 31.5 Å². The maximum atomic E-state index is 12.6. The van der Waals surface area contributed by atoms with E-state index in [4.69, 9.17) is 4.74 Å². The van der Waals surface area contributed by atoms with Crippen molar-refractivity contribution in [3.8, 4) is 0 Å². The highest BCUT2D eigenvalue weighted by Gasteiger charge is 2.30. The lowest BCUT2D eigenvalue weighted by Crippen LogP contribution is -2.41. The van der Waals surface area contributed by atoms with Gasteiger partial charge in [0.05, 0.1) is 23.4 Å². The van der Waals surface area contributed by atoms with Gasteiger partial charge in [0.2, 0.25) is 11.8 Å². The van der Waals surface area contributed by atoms with Gasteiger partial charge in [-0.2, -0.15) is 0 Å². The lowest BCUT2D eigenvalue weighted by molar-refractivity contribution is -0.121. The molecule has 29 heavy (non-hydrogen) atoms. The van der Waals surface area contributed by atoms with Crippen LogP contribution >= 0.6 is 0 Å². The standard InChI is InChI=1S/C21H21N3O5/c1-3-29-21(28)14-7-6-8-15(11-14)22-18(25)12-24-17-10-5-4-9-16(17)20(27)23(2)13-19(24)26/h4-11H,3,12-13H2,1-2H3,(H,22,25). The second kappa shape index (κ2) is 8.55. The minimum absolute atomic E-state index is 0.126. The molecule has 0 saturated heterocycles. The first kappa shape index (κ1) is 20.1. The molecule has 0 fully saturated rings.